The molecule has 1 aromatic heterocycles. The van der Waals surface area contributed by atoms with Crippen molar-refractivity contribution in [3.05, 3.63) is 118 Å². The van der Waals surface area contributed by atoms with Crippen molar-refractivity contribution in [1.82, 2.24) is 9.88 Å². The number of anilines is 1. The third kappa shape index (κ3) is 5.34. The van der Waals surface area contributed by atoms with Gasteiger partial charge in [-0.2, -0.15) is 0 Å². The standard InChI is InChI=1S/C30H23ClFN3O3S/c1-18-14-21(15-26-28(36)33-30(39)35(29(26)37)24-8-5-7-22(32)16-24)19(2)34(18)23-10-12-25(13-11-23)38-17-20-6-3-4-9-27(20)31/h3-16H,17H2,1-2H3,(H,33,36,39)/b26-15+. The van der Waals surface area contributed by atoms with E-state index in [4.69, 9.17) is 28.6 Å². The number of hydrogen-bond acceptors (Lipinski definition) is 4. The fourth-order valence-corrected chi connectivity index (χ4v) is 4.93. The molecule has 1 fully saturated rings. The molecule has 39 heavy (non-hydrogen) atoms. The molecule has 0 atom stereocenters. The number of carbonyl (C=O) groups excluding carboxylic acids is 2. The van der Waals surface area contributed by atoms with Gasteiger partial charge in [0.15, 0.2) is 5.11 Å². The Bertz CT molecular complexity index is 1650. The van der Waals surface area contributed by atoms with Crippen LogP contribution < -0.4 is 15.0 Å². The number of halogens is 2. The minimum Gasteiger partial charge on any atom is -0.489 e. The van der Waals surface area contributed by atoms with Crippen molar-refractivity contribution >= 4 is 52.5 Å². The molecule has 0 aliphatic carbocycles. The van der Waals surface area contributed by atoms with Crippen LogP contribution in [-0.4, -0.2) is 21.5 Å². The van der Waals surface area contributed by atoms with Gasteiger partial charge in [-0.05, 0) is 92.3 Å². The van der Waals surface area contributed by atoms with Gasteiger partial charge in [-0.1, -0.05) is 35.9 Å². The molecule has 2 amide bonds. The van der Waals surface area contributed by atoms with E-state index in [0.717, 1.165) is 27.5 Å². The number of nitrogens with zero attached hydrogens (tertiary/aromatic N) is 2. The third-order valence-corrected chi connectivity index (χ3v) is 7.04. The Labute approximate surface area is 235 Å². The Morgan fingerprint density at radius 2 is 1.72 bits per heavy atom. The van der Waals surface area contributed by atoms with Crippen molar-refractivity contribution < 1.29 is 18.7 Å². The lowest BCUT2D eigenvalue weighted by Crippen LogP contribution is -2.54. The topological polar surface area (TPSA) is 63.6 Å². The first-order chi connectivity index (χ1) is 18.7. The molecule has 9 heteroatoms. The second kappa shape index (κ2) is 10.8. The van der Waals surface area contributed by atoms with Crippen molar-refractivity contribution in [3.8, 4) is 11.4 Å². The van der Waals surface area contributed by atoms with Gasteiger partial charge in [0.25, 0.3) is 11.8 Å². The predicted octanol–water partition coefficient (Wildman–Crippen LogP) is 6.30. The highest BCUT2D eigenvalue weighted by atomic mass is 35.5. The first kappa shape index (κ1) is 26.3. The van der Waals surface area contributed by atoms with E-state index in [9.17, 15) is 14.0 Å². The summed E-state index contributed by atoms with van der Waals surface area (Å²) in [6, 6.07) is 22.5. The minimum atomic E-state index is -0.626. The van der Waals surface area contributed by atoms with Crippen LogP contribution in [0.25, 0.3) is 11.8 Å². The summed E-state index contributed by atoms with van der Waals surface area (Å²) in [7, 11) is 0. The summed E-state index contributed by atoms with van der Waals surface area (Å²) in [4.78, 5) is 27.2. The number of carbonyl (C=O) groups is 2. The number of aryl methyl sites for hydroxylation is 1. The quantitative estimate of drug-likeness (QED) is 0.171. The fourth-order valence-electron chi connectivity index (χ4n) is 4.46. The van der Waals surface area contributed by atoms with E-state index < -0.39 is 17.6 Å². The molecule has 1 saturated heterocycles. The van der Waals surface area contributed by atoms with Crippen LogP contribution in [0.15, 0.2) is 84.4 Å². The second-order valence-corrected chi connectivity index (χ2v) is 9.77. The normalized spacial score (nSPS) is 14.6. The number of ether oxygens (including phenoxy) is 1. The van der Waals surface area contributed by atoms with Crippen LogP contribution in [0.2, 0.25) is 5.02 Å². The molecule has 1 aliphatic rings. The number of nitrogens with one attached hydrogen (secondary N) is 1. The lowest BCUT2D eigenvalue weighted by atomic mass is 10.1. The monoisotopic (exact) mass is 559 g/mol. The van der Waals surface area contributed by atoms with Crippen LogP contribution >= 0.6 is 23.8 Å². The smallest absolute Gasteiger partial charge is 0.270 e. The largest absolute Gasteiger partial charge is 0.489 e. The third-order valence-electron chi connectivity index (χ3n) is 6.39. The SMILES string of the molecule is Cc1cc(/C=C2\C(=O)NC(=S)N(c3cccc(F)c3)C2=O)c(C)n1-c1ccc(OCc2ccccc2Cl)cc1. The average Bonchev–Trinajstić information content (AvgIpc) is 3.18. The van der Waals surface area contributed by atoms with E-state index in [1.54, 1.807) is 6.07 Å². The Morgan fingerprint density at radius 1 is 0.974 bits per heavy atom. The van der Waals surface area contributed by atoms with E-state index in [-0.39, 0.29) is 16.4 Å². The predicted molar refractivity (Wildman–Crippen MR) is 154 cm³/mol. The Balaban J connectivity index is 1.40. The molecule has 1 N–H and O–H groups in total. The van der Waals surface area contributed by atoms with Crippen LogP contribution in [0, 0.1) is 19.7 Å². The summed E-state index contributed by atoms with van der Waals surface area (Å²) < 4.78 is 21.7. The maximum atomic E-state index is 13.8. The first-order valence-corrected chi connectivity index (χ1v) is 12.8. The summed E-state index contributed by atoms with van der Waals surface area (Å²) >= 11 is 11.4. The summed E-state index contributed by atoms with van der Waals surface area (Å²) in [5.41, 5.74) is 4.35. The molecule has 0 saturated carbocycles. The van der Waals surface area contributed by atoms with Crippen LogP contribution in [0.4, 0.5) is 10.1 Å². The van der Waals surface area contributed by atoms with Crippen LogP contribution in [-0.2, 0) is 16.2 Å². The second-order valence-electron chi connectivity index (χ2n) is 8.97. The van der Waals surface area contributed by atoms with E-state index in [1.807, 2.05) is 73.0 Å². The Kier molecular flexibility index (Phi) is 7.32. The van der Waals surface area contributed by atoms with Crippen molar-refractivity contribution in [2.24, 2.45) is 0 Å². The number of benzene rings is 3. The van der Waals surface area contributed by atoms with Crippen LogP contribution in [0.1, 0.15) is 22.5 Å². The van der Waals surface area contributed by atoms with E-state index in [1.165, 1.54) is 24.3 Å². The van der Waals surface area contributed by atoms with Gasteiger partial charge < -0.3 is 9.30 Å². The van der Waals surface area contributed by atoms with Gasteiger partial charge in [-0.25, -0.2) is 4.39 Å². The molecule has 196 valence electrons. The summed E-state index contributed by atoms with van der Waals surface area (Å²) in [5, 5.41) is 3.08. The molecule has 0 radical (unpaired) electrons. The number of rotatable bonds is 6. The maximum Gasteiger partial charge on any atom is 0.270 e. The summed E-state index contributed by atoms with van der Waals surface area (Å²) in [6.07, 6.45) is 1.53. The number of hydrogen-bond donors (Lipinski definition) is 1. The molecule has 0 bridgehead atoms. The molecule has 0 spiro atoms. The number of amides is 2. The zero-order chi connectivity index (χ0) is 27.7. The lowest BCUT2D eigenvalue weighted by molar-refractivity contribution is -0.122. The van der Waals surface area contributed by atoms with E-state index in [2.05, 4.69) is 5.32 Å². The van der Waals surface area contributed by atoms with Gasteiger partial charge in [-0.3, -0.25) is 19.8 Å². The zero-order valence-electron chi connectivity index (χ0n) is 21.1. The zero-order valence-corrected chi connectivity index (χ0v) is 22.6. The molecule has 4 aromatic rings. The van der Waals surface area contributed by atoms with Gasteiger partial charge >= 0.3 is 0 Å². The van der Waals surface area contributed by atoms with Crippen molar-refractivity contribution in [3.63, 3.8) is 0 Å². The average molecular weight is 560 g/mol. The number of aromatic nitrogens is 1. The highest BCUT2D eigenvalue weighted by Crippen LogP contribution is 2.27. The Morgan fingerprint density at radius 3 is 2.44 bits per heavy atom. The van der Waals surface area contributed by atoms with Gasteiger partial charge in [0.05, 0.1) is 5.69 Å². The highest BCUT2D eigenvalue weighted by Gasteiger charge is 2.35. The molecule has 0 unspecified atom stereocenters. The molecule has 1 aliphatic heterocycles. The van der Waals surface area contributed by atoms with E-state index in [0.29, 0.717) is 22.9 Å². The van der Waals surface area contributed by atoms with Gasteiger partial charge in [0, 0.05) is 27.7 Å². The van der Waals surface area contributed by atoms with E-state index >= 15 is 0 Å². The van der Waals surface area contributed by atoms with Gasteiger partial charge in [-0.15, -0.1) is 0 Å². The molecule has 3 aromatic carbocycles. The molecular weight excluding hydrogens is 537 g/mol. The van der Waals surface area contributed by atoms with Crippen molar-refractivity contribution in [2.45, 2.75) is 20.5 Å². The van der Waals surface area contributed by atoms with Gasteiger partial charge in [0.2, 0.25) is 0 Å². The minimum absolute atomic E-state index is 0.101. The summed E-state index contributed by atoms with van der Waals surface area (Å²) in [6.45, 7) is 4.19. The van der Waals surface area contributed by atoms with Crippen LogP contribution in [0.3, 0.4) is 0 Å². The lowest BCUT2D eigenvalue weighted by Gasteiger charge is -2.28. The highest BCUT2D eigenvalue weighted by molar-refractivity contribution is 7.80. The number of thiocarbonyl (C=S) groups is 1. The molecule has 6 nitrogen and oxygen atoms in total. The molecular formula is C30H23ClFN3O3S. The van der Waals surface area contributed by atoms with Crippen molar-refractivity contribution in [1.29, 1.82) is 0 Å². The maximum absolute atomic E-state index is 13.8. The molecule has 2 heterocycles. The first-order valence-electron chi connectivity index (χ1n) is 12.1. The van der Waals surface area contributed by atoms with Crippen molar-refractivity contribution in [2.75, 3.05) is 4.90 Å². The molecule has 5 rings (SSSR count). The van der Waals surface area contributed by atoms with Gasteiger partial charge in [0.1, 0.15) is 23.7 Å². The Hall–Kier alpha value is -4.27. The fraction of sp³-hybridized carbons (Fsp3) is 0.100. The summed E-state index contributed by atoms with van der Waals surface area (Å²) in [5.74, 6) is -1.06. The van der Waals surface area contributed by atoms with Crippen LogP contribution in [0.5, 0.6) is 5.75 Å².